The Kier molecular flexibility index (Phi) is 6.25. The second kappa shape index (κ2) is 10.2. The fourth-order valence-corrected chi connectivity index (χ4v) is 6.14. The van der Waals surface area contributed by atoms with Crippen molar-refractivity contribution in [2.24, 2.45) is 0 Å². The first-order valence-electron chi connectivity index (χ1n) is 14.2. The Balaban J connectivity index is 1.41. The van der Waals surface area contributed by atoms with Crippen LogP contribution in [-0.4, -0.2) is 10.2 Å². The van der Waals surface area contributed by atoms with Gasteiger partial charge in [-0.05, 0) is 92.7 Å². The molecule has 7 aromatic carbocycles. The minimum absolute atomic E-state index is 0.243. The molecule has 7 aromatic rings. The van der Waals surface area contributed by atoms with Crippen LogP contribution < -0.4 is 0 Å². The summed E-state index contributed by atoms with van der Waals surface area (Å²) in [5.41, 5.74) is 6.14. The van der Waals surface area contributed by atoms with Gasteiger partial charge in [-0.1, -0.05) is 115 Å². The molecule has 0 saturated heterocycles. The van der Waals surface area contributed by atoms with Crippen LogP contribution in [0.1, 0.15) is 23.6 Å². The topological polar surface area (TPSA) is 40.5 Å². The number of fused-ring (bicyclic) bond motifs is 2. The zero-order chi connectivity index (χ0) is 28.7. The third-order valence-corrected chi connectivity index (χ3v) is 8.62. The molecular formula is C40H30O2. The molecule has 202 valence electrons. The number of rotatable bonds is 5. The van der Waals surface area contributed by atoms with Crippen LogP contribution in [-0.2, 0) is 5.41 Å². The van der Waals surface area contributed by atoms with Gasteiger partial charge in [-0.2, -0.15) is 0 Å². The van der Waals surface area contributed by atoms with Crippen LogP contribution in [0.5, 0.6) is 11.5 Å². The highest BCUT2D eigenvalue weighted by Gasteiger charge is 2.32. The SMILES string of the molecule is CC(c1ccccc1)(c1ccc(O)c(-c2ccc3ccccc3c2)c1)c1ccc(O)c(-c2ccc3ccccc3c2)c1. The molecular weight excluding hydrogens is 512 g/mol. The van der Waals surface area contributed by atoms with E-state index in [0.29, 0.717) is 0 Å². The standard InChI is InChI=1S/C40H30O2/c1-40(33-13-3-2-4-14-33,34-19-21-38(41)36(25-34)31-17-15-27-9-5-7-11-29(27)23-31)35-20-22-39(42)37(26-35)32-18-16-28-10-6-8-12-30(28)24-32/h2-26,41-42H,1H3. The van der Waals surface area contributed by atoms with E-state index in [-0.39, 0.29) is 11.5 Å². The minimum atomic E-state index is -0.570. The summed E-state index contributed by atoms with van der Waals surface area (Å²) < 4.78 is 0. The Morgan fingerprint density at radius 2 is 0.810 bits per heavy atom. The van der Waals surface area contributed by atoms with Crippen molar-refractivity contribution in [3.63, 3.8) is 0 Å². The van der Waals surface area contributed by atoms with Gasteiger partial charge in [0.15, 0.2) is 0 Å². The first kappa shape index (κ1) is 25.6. The van der Waals surface area contributed by atoms with Gasteiger partial charge >= 0.3 is 0 Å². The lowest BCUT2D eigenvalue weighted by atomic mass is 9.70. The molecule has 42 heavy (non-hydrogen) atoms. The lowest BCUT2D eigenvalue weighted by Gasteiger charge is -2.33. The molecule has 2 heteroatoms. The van der Waals surface area contributed by atoms with E-state index in [4.69, 9.17) is 0 Å². The number of phenolic OH excluding ortho intramolecular Hbond substituents is 2. The molecule has 0 bridgehead atoms. The summed E-state index contributed by atoms with van der Waals surface area (Å²) in [6.45, 7) is 2.22. The third kappa shape index (κ3) is 4.38. The first-order chi connectivity index (χ1) is 20.5. The van der Waals surface area contributed by atoms with Gasteiger partial charge < -0.3 is 10.2 Å². The number of hydrogen-bond acceptors (Lipinski definition) is 2. The molecule has 2 N–H and O–H groups in total. The Labute approximate surface area is 245 Å². The Bertz CT molecular complexity index is 1950. The molecule has 0 aliphatic heterocycles. The number of phenols is 2. The molecule has 0 fully saturated rings. The Morgan fingerprint density at radius 1 is 0.381 bits per heavy atom. The van der Waals surface area contributed by atoms with E-state index in [1.807, 2.05) is 42.5 Å². The van der Waals surface area contributed by atoms with Crippen molar-refractivity contribution in [1.82, 2.24) is 0 Å². The number of benzene rings is 7. The molecule has 2 nitrogen and oxygen atoms in total. The van der Waals surface area contributed by atoms with Crippen molar-refractivity contribution in [2.45, 2.75) is 12.3 Å². The molecule has 0 aromatic heterocycles. The Morgan fingerprint density at radius 3 is 1.29 bits per heavy atom. The molecule has 7 rings (SSSR count). The largest absolute Gasteiger partial charge is 0.507 e. The highest BCUT2D eigenvalue weighted by Crippen LogP contribution is 2.45. The second-order valence-electron chi connectivity index (χ2n) is 11.1. The molecule has 0 saturated carbocycles. The summed E-state index contributed by atoms with van der Waals surface area (Å²) in [6, 6.07) is 51.4. The van der Waals surface area contributed by atoms with Gasteiger partial charge in [0.2, 0.25) is 0 Å². The highest BCUT2D eigenvalue weighted by molar-refractivity contribution is 5.89. The van der Waals surface area contributed by atoms with Crippen LogP contribution in [0.2, 0.25) is 0 Å². The van der Waals surface area contributed by atoms with Gasteiger partial charge in [-0.3, -0.25) is 0 Å². The number of aromatic hydroxyl groups is 2. The van der Waals surface area contributed by atoms with Gasteiger partial charge in [0.05, 0.1) is 0 Å². The second-order valence-corrected chi connectivity index (χ2v) is 11.1. The van der Waals surface area contributed by atoms with Gasteiger partial charge in [-0.25, -0.2) is 0 Å². The maximum Gasteiger partial charge on any atom is 0.123 e. The average Bonchev–Trinajstić information content (AvgIpc) is 3.05. The molecule has 0 aliphatic rings. The van der Waals surface area contributed by atoms with E-state index in [9.17, 15) is 10.2 Å². The van der Waals surface area contributed by atoms with E-state index in [1.165, 1.54) is 0 Å². The third-order valence-electron chi connectivity index (χ3n) is 8.62. The molecule has 0 aliphatic carbocycles. The Hall–Kier alpha value is -5.34. The predicted octanol–water partition coefficient (Wildman–Crippen LogP) is 10.1. The van der Waals surface area contributed by atoms with Crippen molar-refractivity contribution < 1.29 is 10.2 Å². The monoisotopic (exact) mass is 542 g/mol. The molecule has 0 spiro atoms. The number of hydrogen-bond donors (Lipinski definition) is 2. The molecule has 0 unspecified atom stereocenters. The lowest BCUT2D eigenvalue weighted by molar-refractivity contribution is 0.476. The zero-order valence-electron chi connectivity index (χ0n) is 23.3. The van der Waals surface area contributed by atoms with Crippen molar-refractivity contribution in [2.75, 3.05) is 0 Å². The summed E-state index contributed by atoms with van der Waals surface area (Å²) in [5, 5.41) is 26.7. The maximum absolute atomic E-state index is 11.1. The van der Waals surface area contributed by atoms with Crippen molar-refractivity contribution in [1.29, 1.82) is 0 Å². The molecule has 0 radical (unpaired) electrons. The minimum Gasteiger partial charge on any atom is -0.507 e. The molecule has 0 heterocycles. The van der Waals surface area contributed by atoms with E-state index < -0.39 is 5.41 Å². The van der Waals surface area contributed by atoms with Crippen molar-refractivity contribution in [3.8, 4) is 33.8 Å². The quantitative estimate of drug-likeness (QED) is 0.212. The first-order valence-corrected chi connectivity index (χ1v) is 14.2. The normalized spacial score (nSPS) is 11.6. The van der Waals surface area contributed by atoms with Crippen LogP contribution >= 0.6 is 0 Å². The zero-order valence-corrected chi connectivity index (χ0v) is 23.3. The summed E-state index contributed by atoms with van der Waals surface area (Å²) >= 11 is 0. The van der Waals surface area contributed by atoms with Gasteiger partial charge in [0.1, 0.15) is 11.5 Å². The fourth-order valence-electron chi connectivity index (χ4n) is 6.14. The summed E-state index contributed by atoms with van der Waals surface area (Å²) in [7, 11) is 0. The lowest BCUT2D eigenvalue weighted by Crippen LogP contribution is -2.25. The fraction of sp³-hybridized carbons (Fsp3) is 0.0500. The summed E-state index contributed by atoms with van der Waals surface area (Å²) in [6.07, 6.45) is 0. The van der Waals surface area contributed by atoms with Crippen molar-refractivity contribution >= 4 is 21.5 Å². The smallest absolute Gasteiger partial charge is 0.123 e. The van der Waals surface area contributed by atoms with E-state index in [1.54, 1.807) is 12.1 Å². The van der Waals surface area contributed by atoms with Crippen LogP contribution in [0, 0.1) is 0 Å². The average molecular weight is 543 g/mol. The van der Waals surface area contributed by atoms with Crippen LogP contribution in [0.15, 0.2) is 152 Å². The van der Waals surface area contributed by atoms with Crippen molar-refractivity contribution in [3.05, 3.63) is 168 Å². The van der Waals surface area contributed by atoms with Gasteiger partial charge in [0.25, 0.3) is 0 Å². The van der Waals surface area contributed by atoms with Gasteiger partial charge in [0, 0.05) is 16.5 Å². The van der Waals surface area contributed by atoms with Crippen LogP contribution in [0.25, 0.3) is 43.8 Å². The van der Waals surface area contributed by atoms with Gasteiger partial charge in [-0.15, -0.1) is 0 Å². The molecule has 0 atom stereocenters. The highest BCUT2D eigenvalue weighted by atomic mass is 16.3. The van der Waals surface area contributed by atoms with E-state index in [2.05, 4.69) is 104 Å². The summed E-state index contributed by atoms with van der Waals surface area (Å²) in [4.78, 5) is 0. The van der Waals surface area contributed by atoms with Crippen LogP contribution in [0.3, 0.4) is 0 Å². The maximum atomic E-state index is 11.1. The van der Waals surface area contributed by atoms with E-state index >= 15 is 0 Å². The van der Waals surface area contributed by atoms with E-state index in [0.717, 1.165) is 60.5 Å². The molecule has 0 amide bonds. The predicted molar refractivity (Wildman–Crippen MR) is 174 cm³/mol. The summed E-state index contributed by atoms with van der Waals surface area (Å²) in [5.74, 6) is 0.485. The van der Waals surface area contributed by atoms with Crippen LogP contribution in [0.4, 0.5) is 0 Å².